The molecule has 1 amide bonds. The predicted octanol–water partition coefficient (Wildman–Crippen LogP) is 4.64. The maximum absolute atomic E-state index is 13.4. The molecular weight excluding hydrogens is 436 g/mol. The molecular formula is C26H29ClN4O2. The molecule has 2 aromatic carbocycles. The number of hydrogen-bond donors (Lipinski definition) is 0. The standard InChI is InChI=1S/C26H29ClN4O2/c1-30(2)12-13-33-23-9-4-7-20(16-23)26(32)31-11-5-10-25(31)24-18-28-17-22(29-24)15-19-6-3-8-21(27)14-19/h3-4,6-9,14,16-18,25H,5,10-13,15H2,1-2H3. The van der Waals surface area contributed by atoms with Crippen LogP contribution in [-0.2, 0) is 6.42 Å². The summed E-state index contributed by atoms with van der Waals surface area (Å²) in [4.78, 5) is 26.6. The van der Waals surface area contributed by atoms with E-state index in [-0.39, 0.29) is 11.9 Å². The van der Waals surface area contributed by atoms with Gasteiger partial charge in [-0.1, -0.05) is 29.8 Å². The van der Waals surface area contributed by atoms with Gasteiger partial charge in [0.15, 0.2) is 0 Å². The number of aromatic nitrogens is 2. The molecule has 2 heterocycles. The average molecular weight is 465 g/mol. The summed E-state index contributed by atoms with van der Waals surface area (Å²) in [6.07, 6.45) is 6.02. The lowest BCUT2D eigenvalue weighted by atomic mass is 10.1. The molecule has 0 bridgehead atoms. The number of carbonyl (C=O) groups is 1. The molecule has 1 unspecified atom stereocenters. The smallest absolute Gasteiger partial charge is 0.254 e. The number of carbonyl (C=O) groups excluding carboxylic acids is 1. The number of likely N-dealkylation sites (N-methyl/N-ethyl adjacent to an activating group) is 1. The largest absolute Gasteiger partial charge is 0.492 e. The van der Waals surface area contributed by atoms with Crippen LogP contribution in [0.4, 0.5) is 0 Å². The number of amides is 1. The quantitative estimate of drug-likeness (QED) is 0.486. The molecule has 7 heteroatoms. The lowest BCUT2D eigenvalue weighted by Crippen LogP contribution is -2.31. The third-order valence-electron chi connectivity index (χ3n) is 5.72. The van der Waals surface area contributed by atoms with Crippen LogP contribution in [-0.4, -0.2) is 59.5 Å². The van der Waals surface area contributed by atoms with Crippen molar-refractivity contribution in [2.45, 2.75) is 25.3 Å². The van der Waals surface area contributed by atoms with Crippen molar-refractivity contribution in [3.8, 4) is 5.75 Å². The molecule has 33 heavy (non-hydrogen) atoms. The van der Waals surface area contributed by atoms with E-state index < -0.39 is 0 Å². The minimum atomic E-state index is -0.0809. The first-order valence-electron chi connectivity index (χ1n) is 11.2. The fraction of sp³-hybridized carbons (Fsp3) is 0.346. The van der Waals surface area contributed by atoms with Crippen molar-refractivity contribution < 1.29 is 9.53 Å². The number of nitrogens with zero attached hydrogens (tertiary/aromatic N) is 4. The van der Waals surface area contributed by atoms with Gasteiger partial charge in [0.1, 0.15) is 12.4 Å². The van der Waals surface area contributed by atoms with Crippen molar-refractivity contribution in [1.82, 2.24) is 19.8 Å². The van der Waals surface area contributed by atoms with E-state index in [2.05, 4.69) is 9.88 Å². The number of hydrogen-bond acceptors (Lipinski definition) is 5. The molecule has 3 aromatic rings. The fourth-order valence-electron chi connectivity index (χ4n) is 4.07. The Balaban J connectivity index is 1.48. The molecule has 6 nitrogen and oxygen atoms in total. The van der Waals surface area contributed by atoms with Crippen LogP contribution in [0.25, 0.3) is 0 Å². The fourth-order valence-corrected chi connectivity index (χ4v) is 4.29. The van der Waals surface area contributed by atoms with Crippen LogP contribution in [0, 0.1) is 0 Å². The third kappa shape index (κ3) is 6.09. The van der Waals surface area contributed by atoms with Gasteiger partial charge in [0.25, 0.3) is 5.91 Å². The van der Waals surface area contributed by atoms with Crippen molar-refractivity contribution in [2.75, 3.05) is 33.8 Å². The van der Waals surface area contributed by atoms with Crippen molar-refractivity contribution in [2.24, 2.45) is 0 Å². The zero-order valence-corrected chi connectivity index (χ0v) is 19.8. The Morgan fingerprint density at radius 2 is 2.03 bits per heavy atom. The van der Waals surface area contributed by atoms with Gasteiger partial charge in [-0.3, -0.25) is 14.8 Å². The van der Waals surface area contributed by atoms with Gasteiger partial charge in [0.05, 0.1) is 23.6 Å². The van der Waals surface area contributed by atoms with E-state index in [0.717, 1.165) is 36.3 Å². The van der Waals surface area contributed by atoms with Gasteiger partial charge in [-0.05, 0) is 62.8 Å². The Morgan fingerprint density at radius 1 is 1.18 bits per heavy atom. The molecule has 1 aliphatic heterocycles. The Bertz CT molecular complexity index is 1100. The summed E-state index contributed by atoms with van der Waals surface area (Å²) in [5.41, 5.74) is 3.41. The van der Waals surface area contributed by atoms with Gasteiger partial charge in [-0.2, -0.15) is 0 Å². The number of benzene rings is 2. The van der Waals surface area contributed by atoms with E-state index in [9.17, 15) is 4.79 Å². The molecule has 0 N–H and O–H groups in total. The highest BCUT2D eigenvalue weighted by Crippen LogP contribution is 2.32. The van der Waals surface area contributed by atoms with Crippen LogP contribution in [0.2, 0.25) is 5.02 Å². The highest BCUT2D eigenvalue weighted by molar-refractivity contribution is 6.30. The first kappa shape index (κ1) is 23.2. The van der Waals surface area contributed by atoms with Crippen LogP contribution in [0.1, 0.15) is 46.2 Å². The summed E-state index contributed by atoms with van der Waals surface area (Å²) < 4.78 is 5.82. The summed E-state index contributed by atoms with van der Waals surface area (Å²) in [6.45, 7) is 2.10. The van der Waals surface area contributed by atoms with Crippen molar-refractivity contribution in [1.29, 1.82) is 0 Å². The molecule has 1 aromatic heterocycles. The first-order chi connectivity index (χ1) is 16.0. The third-order valence-corrected chi connectivity index (χ3v) is 5.96. The summed E-state index contributed by atoms with van der Waals surface area (Å²) in [5.74, 6) is 0.708. The molecule has 172 valence electrons. The van der Waals surface area contributed by atoms with E-state index in [4.69, 9.17) is 21.3 Å². The summed E-state index contributed by atoms with van der Waals surface area (Å²) in [5, 5.41) is 0.706. The molecule has 0 radical (unpaired) electrons. The van der Waals surface area contributed by atoms with Gasteiger partial charge in [0, 0.05) is 36.3 Å². The van der Waals surface area contributed by atoms with E-state index in [0.29, 0.717) is 35.9 Å². The molecule has 1 atom stereocenters. The van der Waals surface area contributed by atoms with Crippen molar-refractivity contribution >= 4 is 17.5 Å². The van der Waals surface area contributed by atoms with E-state index in [1.165, 1.54) is 0 Å². The first-order valence-corrected chi connectivity index (χ1v) is 11.6. The summed E-state index contributed by atoms with van der Waals surface area (Å²) in [7, 11) is 4.01. The average Bonchev–Trinajstić information content (AvgIpc) is 3.29. The number of halogens is 1. The second-order valence-corrected chi connectivity index (χ2v) is 9.01. The number of likely N-dealkylation sites (tertiary alicyclic amines) is 1. The van der Waals surface area contributed by atoms with Gasteiger partial charge >= 0.3 is 0 Å². The Kier molecular flexibility index (Phi) is 7.57. The summed E-state index contributed by atoms with van der Waals surface area (Å²) in [6, 6.07) is 15.1. The Hall–Kier alpha value is -2.96. The van der Waals surface area contributed by atoms with Crippen LogP contribution in [0.15, 0.2) is 60.9 Å². The molecule has 1 fully saturated rings. The van der Waals surface area contributed by atoms with Crippen LogP contribution >= 0.6 is 11.6 Å². The second kappa shape index (κ2) is 10.8. The van der Waals surface area contributed by atoms with Crippen molar-refractivity contribution in [3.05, 3.63) is 88.5 Å². The number of ether oxygens (including phenoxy) is 1. The highest BCUT2D eigenvalue weighted by atomic mass is 35.5. The van der Waals surface area contributed by atoms with Crippen LogP contribution in [0.5, 0.6) is 5.75 Å². The van der Waals surface area contributed by atoms with E-state index in [1.54, 1.807) is 12.4 Å². The molecule has 0 spiro atoms. The lowest BCUT2D eigenvalue weighted by molar-refractivity contribution is 0.0732. The maximum atomic E-state index is 13.4. The van der Waals surface area contributed by atoms with Gasteiger partial charge in [-0.25, -0.2) is 0 Å². The molecule has 0 aliphatic carbocycles. The minimum absolute atomic E-state index is 0.00222. The molecule has 4 rings (SSSR count). The van der Waals surface area contributed by atoms with Gasteiger partial charge in [0.2, 0.25) is 0 Å². The zero-order chi connectivity index (χ0) is 23.2. The molecule has 1 aliphatic rings. The Morgan fingerprint density at radius 3 is 2.85 bits per heavy atom. The van der Waals surface area contributed by atoms with Gasteiger partial charge < -0.3 is 14.5 Å². The van der Waals surface area contributed by atoms with E-state index >= 15 is 0 Å². The maximum Gasteiger partial charge on any atom is 0.254 e. The number of rotatable bonds is 8. The Labute approximate surface area is 200 Å². The minimum Gasteiger partial charge on any atom is -0.492 e. The SMILES string of the molecule is CN(C)CCOc1cccc(C(=O)N2CCCC2c2cncc(Cc3cccc(Cl)c3)n2)c1. The van der Waals surface area contributed by atoms with Crippen LogP contribution < -0.4 is 4.74 Å². The van der Waals surface area contributed by atoms with Crippen LogP contribution in [0.3, 0.4) is 0 Å². The van der Waals surface area contributed by atoms with E-state index in [1.807, 2.05) is 67.5 Å². The second-order valence-electron chi connectivity index (χ2n) is 8.58. The predicted molar refractivity (Wildman–Crippen MR) is 130 cm³/mol. The summed E-state index contributed by atoms with van der Waals surface area (Å²) >= 11 is 6.12. The molecule has 1 saturated heterocycles. The van der Waals surface area contributed by atoms with Gasteiger partial charge in [-0.15, -0.1) is 0 Å². The molecule has 0 saturated carbocycles. The highest BCUT2D eigenvalue weighted by Gasteiger charge is 2.32. The topological polar surface area (TPSA) is 58.6 Å². The zero-order valence-electron chi connectivity index (χ0n) is 19.1. The van der Waals surface area contributed by atoms with Crippen molar-refractivity contribution in [3.63, 3.8) is 0 Å². The normalized spacial score (nSPS) is 15.8. The lowest BCUT2D eigenvalue weighted by Gasteiger charge is -2.24. The monoisotopic (exact) mass is 464 g/mol.